The van der Waals surface area contributed by atoms with E-state index >= 15 is 0 Å². The summed E-state index contributed by atoms with van der Waals surface area (Å²) in [6.07, 6.45) is 1.78. The lowest BCUT2D eigenvalue weighted by molar-refractivity contribution is 0.475. The topological polar surface area (TPSA) is 38.0 Å². The highest BCUT2D eigenvalue weighted by Gasteiger charge is 2.14. The predicted molar refractivity (Wildman–Crippen MR) is 85.4 cm³/mol. The molecule has 0 saturated heterocycles. The molecule has 0 amide bonds. The number of aromatic nitrogens is 2. The molecule has 0 aliphatic carbocycles. The van der Waals surface area contributed by atoms with E-state index in [0.29, 0.717) is 10.0 Å². The second-order valence-electron chi connectivity index (χ2n) is 4.70. The van der Waals surface area contributed by atoms with Gasteiger partial charge in [0.25, 0.3) is 0 Å². The molecule has 0 saturated carbocycles. The highest BCUT2D eigenvalue weighted by Crippen LogP contribution is 2.32. The van der Waals surface area contributed by atoms with Crippen LogP contribution in [0.1, 0.15) is 5.69 Å². The summed E-state index contributed by atoms with van der Waals surface area (Å²) in [6, 6.07) is 12.3. The molecule has 106 valence electrons. The van der Waals surface area contributed by atoms with Gasteiger partial charge in [0.2, 0.25) is 0 Å². The molecule has 0 atom stereocenters. The molecule has 1 aromatic heterocycles. The van der Waals surface area contributed by atoms with E-state index in [1.807, 2.05) is 29.7 Å². The molecule has 3 nitrogen and oxygen atoms in total. The Morgan fingerprint density at radius 1 is 1.05 bits per heavy atom. The van der Waals surface area contributed by atoms with Crippen molar-refractivity contribution in [3.63, 3.8) is 0 Å². The van der Waals surface area contributed by atoms with Gasteiger partial charge in [0.05, 0.1) is 5.02 Å². The average molecular weight is 319 g/mol. The van der Waals surface area contributed by atoms with Crippen LogP contribution in [0.2, 0.25) is 10.0 Å². The van der Waals surface area contributed by atoms with Gasteiger partial charge in [0.1, 0.15) is 11.6 Å². The van der Waals surface area contributed by atoms with Crippen molar-refractivity contribution in [2.75, 3.05) is 0 Å². The van der Waals surface area contributed by atoms with Crippen LogP contribution in [0, 0.1) is 6.92 Å². The Morgan fingerprint density at radius 2 is 1.76 bits per heavy atom. The SMILES string of the molecule is Cc1cnc(-c2ccc(Cl)cc2Cl)n1-c1ccc(O)cc1. The van der Waals surface area contributed by atoms with E-state index in [9.17, 15) is 5.11 Å². The Kier molecular flexibility index (Phi) is 3.62. The minimum absolute atomic E-state index is 0.225. The largest absolute Gasteiger partial charge is 0.508 e. The fourth-order valence-corrected chi connectivity index (χ4v) is 2.72. The zero-order valence-corrected chi connectivity index (χ0v) is 12.7. The number of phenolic OH excluding ortho intramolecular Hbond substituents is 1. The van der Waals surface area contributed by atoms with Gasteiger partial charge >= 0.3 is 0 Å². The van der Waals surface area contributed by atoms with Crippen LogP contribution in [-0.4, -0.2) is 14.7 Å². The highest BCUT2D eigenvalue weighted by atomic mass is 35.5. The number of rotatable bonds is 2. The molecule has 0 bridgehead atoms. The zero-order chi connectivity index (χ0) is 15.0. The average Bonchev–Trinajstić information content (AvgIpc) is 2.82. The van der Waals surface area contributed by atoms with Crippen molar-refractivity contribution in [3.05, 3.63) is 64.4 Å². The van der Waals surface area contributed by atoms with E-state index in [0.717, 1.165) is 22.8 Å². The van der Waals surface area contributed by atoms with Crippen molar-refractivity contribution < 1.29 is 5.11 Å². The first-order valence-electron chi connectivity index (χ1n) is 6.35. The van der Waals surface area contributed by atoms with Crippen LogP contribution in [0.25, 0.3) is 17.1 Å². The monoisotopic (exact) mass is 318 g/mol. The highest BCUT2D eigenvalue weighted by molar-refractivity contribution is 6.36. The number of hydrogen-bond donors (Lipinski definition) is 1. The van der Waals surface area contributed by atoms with Crippen molar-refractivity contribution in [2.45, 2.75) is 6.92 Å². The molecule has 0 unspecified atom stereocenters. The maximum Gasteiger partial charge on any atom is 0.146 e. The Bertz CT molecular complexity index is 795. The molecule has 0 aliphatic rings. The Hall–Kier alpha value is -1.97. The molecular formula is C16H12Cl2N2O. The summed E-state index contributed by atoms with van der Waals surface area (Å²) in [6.45, 7) is 1.97. The number of aryl methyl sites for hydroxylation is 1. The van der Waals surface area contributed by atoms with E-state index in [1.54, 1.807) is 30.5 Å². The summed E-state index contributed by atoms with van der Waals surface area (Å²) in [7, 11) is 0. The van der Waals surface area contributed by atoms with Gasteiger partial charge in [0, 0.05) is 28.2 Å². The Labute approximate surface area is 132 Å². The fourth-order valence-electron chi connectivity index (χ4n) is 2.23. The van der Waals surface area contributed by atoms with Gasteiger partial charge in [-0.3, -0.25) is 4.57 Å². The smallest absolute Gasteiger partial charge is 0.146 e. The molecule has 0 spiro atoms. The third-order valence-electron chi connectivity index (χ3n) is 3.22. The Morgan fingerprint density at radius 3 is 2.43 bits per heavy atom. The van der Waals surface area contributed by atoms with Crippen LogP contribution < -0.4 is 0 Å². The quantitative estimate of drug-likeness (QED) is 0.732. The van der Waals surface area contributed by atoms with Gasteiger partial charge in [-0.25, -0.2) is 4.98 Å². The molecule has 0 aliphatic heterocycles. The molecule has 21 heavy (non-hydrogen) atoms. The Balaban J connectivity index is 2.19. The number of benzene rings is 2. The van der Waals surface area contributed by atoms with Crippen LogP contribution >= 0.6 is 23.2 Å². The van der Waals surface area contributed by atoms with Crippen LogP contribution in [0.3, 0.4) is 0 Å². The number of aromatic hydroxyl groups is 1. The standard InChI is InChI=1S/C16H12Cl2N2O/c1-10-9-19-16(14-7-2-11(17)8-15(14)18)20(10)12-3-5-13(21)6-4-12/h2-9,21H,1H3. The van der Waals surface area contributed by atoms with E-state index in [-0.39, 0.29) is 5.75 Å². The van der Waals surface area contributed by atoms with E-state index in [2.05, 4.69) is 4.98 Å². The van der Waals surface area contributed by atoms with Crippen LogP contribution in [0.4, 0.5) is 0 Å². The lowest BCUT2D eigenvalue weighted by Gasteiger charge is -2.11. The predicted octanol–water partition coefficient (Wildman–Crippen LogP) is 4.86. The molecule has 2 aromatic carbocycles. The summed E-state index contributed by atoms with van der Waals surface area (Å²) in [5, 5.41) is 10.6. The third kappa shape index (κ3) is 2.62. The molecule has 5 heteroatoms. The molecule has 3 aromatic rings. The minimum Gasteiger partial charge on any atom is -0.508 e. The van der Waals surface area contributed by atoms with Crippen molar-refractivity contribution in [1.82, 2.24) is 9.55 Å². The zero-order valence-electron chi connectivity index (χ0n) is 11.2. The van der Waals surface area contributed by atoms with Gasteiger partial charge in [-0.15, -0.1) is 0 Å². The summed E-state index contributed by atoms with van der Waals surface area (Å²) >= 11 is 12.2. The minimum atomic E-state index is 0.225. The van der Waals surface area contributed by atoms with E-state index in [4.69, 9.17) is 23.2 Å². The van der Waals surface area contributed by atoms with Crippen molar-refractivity contribution in [2.24, 2.45) is 0 Å². The normalized spacial score (nSPS) is 10.8. The lowest BCUT2D eigenvalue weighted by Crippen LogP contribution is -1.99. The summed E-state index contributed by atoms with van der Waals surface area (Å²) in [5.74, 6) is 0.961. The number of phenols is 1. The van der Waals surface area contributed by atoms with Gasteiger partial charge in [-0.2, -0.15) is 0 Å². The van der Waals surface area contributed by atoms with Gasteiger partial charge in [-0.1, -0.05) is 23.2 Å². The van der Waals surface area contributed by atoms with E-state index in [1.165, 1.54) is 0 Å². The van der Waals surface area contributed by atoms with Gasteiger partial charge in [0.15, 0.2) is 0 Å². The molecule has 0 radical (unpaired) electrons. The first-order chi connectivity index (χ1) is 10.1. The lowest BCUT2D eigenvalue weighted by atomic mass is 10.2. The number of hydrogen-bond acceptors (Lipinski definition) is 2. The summed E-state index contributed by atoms with van der Waals surface area (Å²) < 4.78 is 1.98. The first kappa shape index (κ1) is 14.0. The molecule has 1 N–H and O–H groups in total. The summed E-state index contributed by atoms with van der Waals surface area (Å²) in [4.78, 5) is 4.45. The molecule has 1 heterocycles. The number of imidazole rings is 1. The van der Waals surface area contributed by atoms with Crippen LogP contribution in [0.15, 0.2) is 48.7 Å². The second-order valence-corrected chi connectivity index (χ2v) is 5.54. The maximum absolute atomic E-state index is 9.42. The number of nitrogens with zero attached hydrogens (tertiary/aromatic N) is 2. The van der Waals surface area contributed by atoms with Crippen molar-refractivity contribution >= 4 is 23.2 Å². The van der Waals surface area contributed by atoms with Crippen LogP contribution in [0.5, 0.6) is 5.75 Å². The molecule has 3 rings (SSSR count). The van der Waals surface area contributed by atoms with Crippen molar-refractivity contribution in [1.29, 1.82) is 0 Å². The first-order valence-corrected chi connectivity index (χ1v) is 7.11. The van der Waals surface area contributed by atoms with Gasteiger partial charge < -0.3 is 5.11 Å². The third-order valence-corrected chi connectivity index (χ3v) is 3.77. The second kappa shape index (κ2) is 5.43. The fraction of sp³-hybridized carbons (Fsp3) is 0.0625. The van der Waals surface area contributed by atoms with E-state index < -0.39 is 0 Å². The molecule has 0 fully saturated rings. The van der Waals surface area contributed by atoms with Gasteiger partial charge in [-0.05, 0) is 49.4 Å². The number of halogens is 2. The molecular weight excluding hydrogens is 307 g/mol. The van der Waals surface area contributed by atoms with Crippen molar-refractivity contribution in [3.8, 4) is 22.8 Å². The maximum atomic E-state index is 9.42. The van der Waals surface area contributed by atoms with Crippen LogP contribution in [-0.2, 0) is 0 Å². The summed E-state index contributed by atoms with van der Waals surface area (Å²) in [5.41, 5.74) is 2.69.